The summed E-state index contributed by atoms with van der Waals surface area (Å²) in [7, 11) is 0. The SMILES string of the molecule is Cc1cccc([N+](=O)[O-])c1C(C)CCN. The molecule has 0 spiro atoms. The van der Waals surface area contributed by atoms with Gasteiger partial charge in [-0.15, -0.1) is 0 Å². The van der Waals surface area contributed by atoms with Gasteiger partial charge in [-0.1, -0.05) is 19.1 Å². The number of hydrogen-bond acceptors (Lipinski definition) is 3. The van der Waals surface area contributed by atoms with E-state index < -0.39 is 0 Å². The molecule has 0 aromatic heterocycles. The van der Waals surface area contributed by atoms with Gasteiger partial charge in [-0.3, -0.25) is 10.1 Å². The Bertz CT molecular complexity index is 364. The van der Waals surface area contributed by atoms with Crippen molar-refractivity contribution in [2.45, 2.75) is 26.2 Å². The lowest BCUT2D eigenvalue weighted by atomic mass is 9.92. The summed E-state index contributed by atoms with van der Waals surface area (Å²) < 4.78 is 0. The van der Waals surface area contributed by atoms with Crippen molar-refractivity contribution in [3.63, 3.8) is 0 Å². The van der Waals surface area contributed by atoms with Crippen molar-refractivity contribution >= 4 is 5.69 Å². The first-order valence-electron chi connectivity index (χ1n) is 5.02. The minimum absolute atomic E-state index is 0.136. The van der Waals surface area contributed by atoms with Crippen molar-refractivity contribution in [2.75, 3.05) is 6.54 Å². The molecule has 82 valence electrons. The number of nitrogens with zero attached hydrogens (tertiary/aromatic N) is 1. The Labute approximate surface area is 89.2 Å². The van der Waals surface area contributed by atoms with Crippen LogP contribution in [0.3, 0.4) is 0 Å². The second-order valence-corrected chi connectivity index (χ2v) is 3.74. The van der Waals surface area contributed by atoms with Gasteiger partial charge in [0.25, 0.3) is 5.69 Å². The molecular formula is C11H16N2O2. The van der Waals surface area contributed by atoms with Crippen LogP contribution >= 0.6 is 0 Å². The summed E-state index contributed by atoms with van der Waals surface area (Å²) in [6.07, 6.45) is 0.770. The van der Waals surface area contributed by atoms with Gasteiger partial charge in [-0.2, -0.15) is 0 Å². The molecule has 1 aromatic rings. The van der Waals surface area contributed by atoms with Crippen LogP contribution in [0.25, 0.3) is 0 Å². The molecule has 0 heterocycles. The molecular weight excluding hydrogens is 192 g/mol. The normalized spacial score (nSPS) is 12.5. The molecule has 1 aromatic carbocycles. The largest absolute Gasteiger partial charge is 0.330 e. The third-order valence-electron chi connectivity index (χ3n) is 2.59. The molecule has 4 nitrogen and oxygen atoms in total. The fourth-order valence-corrected chi connectivity index (χ4v) is 1.86. The summed E-state index contributed by atoms with van der Waals surface area (Å²) in [4.78, 5) is 10.5. The van der Waals surface area contributed by atoms with Crippen LogP contribution in [0, 0.1) is 17.0 Å². The van der Waals surface area contributed by atoms with E-state index in [2.05, 4.69) is 0 Å². The van der Waals surface area contributed by atoms with Gasteiger partial charge in [-0.05, 0) is 31.4 Å². The highest BCUT2D eigenvalue weighted by Gasteiger charge is 2.19. The fourth-order valence-electron chi connectivity index (χ4n) is 1.86. The van der Waals surface area contributed by atoms with Gasteiger partial charge in [-0.25, -0.2) is 0 Å². The minimum atomic E-state index is -0.324. The van der Waals surface area contributed by atoms with E-state index in [-0.39, 0.29) is 16.5 Å². The summed E-state index contributed by atoms with van der Waals surface area (Å²) in [6, 6.07) is 5.16. The number of nitrogens with two attached hydrogens (primary N) is 1. The molecule has 0 amide bonds. The van der Waals surface area contributed by atoms with Crippen molar-refractivity contribution in [1.82, 2.24) is 0 Å². The first-order valence-corrected chi connectivity index (χ1v) is 5.02. The smallest absolute Gasteiger partial charge is 0.273 e. The highest BCUT2D eigenvalue weighted by molar-refractivity contribution is 5.47. The zero-order chi connectivity index (χ0) is 11.4. The highest BCUT2D eigenvalue weighted by Crippen LogP contribution is 2.30. The van der Waals surface area contributed by atoms with Gasteiger partial charge in [0, 0.05) is 11.6 Å². The fraction of sp³-hybridized carbons (Fsp3) is 0.455. The van der Waals surface area contributed by atoms with Crippen LogP contribution < -0.4 is 5.73 Å². The molecule has 1 atom stereocenters. The van der Waals surface area contributed by atoms with E-state index in [1.165, 1.54) is 0 Å². The molecule has 0 fully saturated rings. The first kappa shape index (κ1) is 11.7. The summed E-state index contributed by atoms with van der Waals surface area (Å²) in [5, 5.41) is 10.9. The highest BCUT2D eigenvalue weighted by atomic mass is 16.6. The summed E-state index contributed by atoms with van der Waals surface area (Å²) in [5.74, 6) is 0.136. The van der Waals surface area contributed by atoms with E-state index in [1.54, 1.807) is 12.1 Å². The Morgan fingerprint density at radius 1 is 1.53 bits per heavy atom. The van der Waals surface area contributed by atoms with Crippen LogP contribution in [0.4, 0.5) is 5.69 Å². The predicted octanol–water partition coefficient (Wildman–Crippen LogP) is 2.36. The van der Waals surface area contributed by atoms with E-state index in [0.29, 0.717) is 6.54 Å². The molecule has 0 saturated carbocycles. The van der Waals surface area contributed by atoms with Crippen LogP contribution in [-0.4, -0.2) is 11.5 Å². The number of benzene rings is 1. The van der Waals surface area contributed by atoms with Gasteiger partial charge in [0.15, 0.2) is 0 Å². The molecule has 0 aliphatic heterocycles. The van der Waals surface area contributed by atoms with Crippen LogP contribution in [-0.2, 0) is 0 Å². The quantitative estimate of drug-likeness (QED) is 0.610. The van der Waals surface area contributed by atoms with Crippen LogP contribution in [0.1, 0.15) is 30.4 Å². The minimum Gasteiger partial charge on any atom is -0.330 e. The molecule has 0 aliphatic rings. The Hall–Kier alpha value is -1.42. The Kier molecular flexibility index (Phi) is 3.80. The van der Waals surface area contributed by atoms with Crippen LogP contribution in [0.5, 0.6) is 0 Å². The molecule has 1 unspecified atom stereocenters. The molecule has 2 N–H and O–H groups in total. The van der Waals surface area contributed by atoms with Crippen LogP contribution in [0.2, 0.25) is 0 Å². The topological polar surface area (TPSA) is 69.2 Å². The second kappa shape index (κ2) is 4.89. The second-order valence-electron chi connectivity index (χ2n) is 3.74. The first-order chi connectivity index (χ1) is 7.07. The van der Waals surface area contributed by atoms with Crippen molar-refractivity contribution in [3.8, 4) is 0 Å². The average Bonchev–Trinajstić information content (AvgIpc) is 2.17. The Morgan fingerprint density at radius 2 is 2.20 bits per heavy atom. The molecule has 0 bridgehead atoms. The van der Waals surface area contributed by atoms with E-state index in [4.69, 9.17) is 5.73 Å². The number of hydrogen-bond donors (Lipinski definition) is 1. The molecule has 0 radical (unpaired) electrons. The number of aryl methyl sites for hydroxylation is 1. The molecule has 1 rings (SSSR count). The summed E-state index contributed by atoms with van der Waals surface area (Å²) >= 11 is 0. The Morgan fingerprint density at radius 3 is 2.73 bits per heavy atom. The predicted molar refractivity (Wildman–Crippen MR) is 59.9 cm³/mol. The van der Waals surface area contributed by atoms with Crippen molar-refractivity contribution in [2.24, 2.45) is 5.73 Å². The molecule has 0 aliphatic carbocycles. The molecule has 4 heteroatoms. The standard InChI is InChI=1S/C11H16N2O2/c1-8-4-3-5-10(13(14)15)11(8)9(2)6-7-12/h3-5,9H,6-7,12H2,1-2H3. The van der Waals surface area contributed by atoms with E-state index in [1.807, 2.05) is 19.9 Å². The third kappa shape index (κ3) is 2.53. The van der Waals surface area contributed by atoms with Crippen molar-refractivity contribution in [1.29, 1.82) is 0 Å². The average molecular weight is 208 g/mol. The Balaban J connectivity index is 3.18. The summed E-state index contributed by atoms with van der Waals surface area (Å²) in [6.45, 7) is 4.42. The maximum Gasteiger partial charge on any atom is 0.273 e. The number of rotatable bonds is 4. The lowest BCUT2D eigenvalue weighted by Crippen LogP contribution is -2.08. The van der Waals surface area contributed by atoms with Gasteiger partial charge in [0.05, 0.1) is 4.92 Å². The van der Waals surface area contributed by atoms with E-state index in [9.17, 15) is 10.1 Å². The number of nitro groups is 1. The van der Waals surface area contributed by atoms with E-state index >= 15 is 0 Å². The monoisotopic (exact) mass is 208 g/mol. The zero-order valence-corrected chi connectivity index (χ0v) is 9.06. The molecule has 15 heavy (non-hydrogen) atoms. The van der Waals surface area contributed by atoms with Gasteiger partial charge >= 0.3 is 0 Å². The zero-order valence-electron chi connectivity index (χ0n) is 9.06. The third-order valence-corrected chi connectivity index (χ3v) is 2.59. The van der Waals surface area contributed by atoms with E-state index in [0.717, 1.165) is 17.5 Å². The maximum absolute atomic E-state index is 10.9. The van der Waals surface area contributed by atoms with Crippen molar-refractivity contribution < 1.29 is 4.92 Å². The maximum atomic E-state index is 10.9. The van der Waals surface area contributed by atoms with Gasteiger partial charge < -0.3 is 5.73 Å². The summed E-state index contributed by atoms with van der Waals surface area (Å²) in [5.41, 5.74) is 7.45. The van der Waals surface area contributed by atoms with Gasteiger partial charge in [0.2, 0.25) is 0 Å². The van der Waals surface area contributed by atoms with Gasteiger partial charge in [0.1, 0.15) is 0 Å². The van der Waals surface area contributed by atoms with Crippen LogP contribution in [0.15, 0.2) is 18.2 Å². The van der Waals surface area contributed by atoms with Crippen molar-refractivity contribution in [3.05, 3.63) is 39.4 Å². The molecule has 0 saturated heterocycles. The lowest BCUT2D eigenvalue weighted by Gasteiger charge is -2.13. The number of nitro benzene ring substituents is 1. The lowest BCUT2D eigenvalue weighted by molar-refractivity contribution is -0.385.